The second kappa shape index (κ2) is 4.26. The van der Waals surface area contributed by atoms with Crippen LogP contribution in [0.25, 0.3) is 0 Å². The average Bonchev–Trinajstić information content (AvgIpc) is 2.68. The topological polar surface area (TPSA) is 70.7 Å². The minimum atomic E-state index is -5.93. The Labute approximate surface area is 91.4 Å². The van der Waals surface area contributed by atoms with Gasteiger partial charge in [-0.25, -0.2) is 4.98 Å². The fraction of sp³-hybridized carbons (Fsp3) is 0.571. The van der Waals surface area contributed by atoms with Crippen molar-refractivity contribution in [2.24, 2.45) is 0 Å². The molecule has 2 N–H and O–H groups in total. The normalized spacial score (nSPS) is 14.5. The van der Waals surface area contributed by atoms with Gasteiger partial charge in [0.25, 0.3) is 0 Å². The molecule has 1 rings (SSSR count). The number of alkyl halides is 5. The molecule has 0 bridgehead atoms. The quantitative estimate of drug-likeness (QED) is 0.800. The minimum Gasteiger partial charge on any atom is -0.341 e. The molecule has 1 heterocycles. The maximum atomic E-state index is 12.5. The van der Waals surface area contributed by atoms with Crippen molar-refractivity contribution in [1.82, 2.24) is 20.5 Å². The summed E-state index contributed by atoms with van der Waals surface area (Å²) in [5.74, 6) is -7.91. The van der Waals surface area contributed by atoms with Gasteiger partial charge in [-0.05, 0) is 6.92 Å². The molecule has 17 heavy (non-hydrogen) atoms. The van der Waals surface area contributed by atoms with Gasteiger partial charge in [0.1, 0.15) is 12.2 Å². The van der Waals surface area contributed by atoms with Crippen LogP contribution in [-0.2, 0) is 4.79 Å². The lowest BCUT2D eigenvalue weighted by molar-refractivity contribution is -0.270. The Kier molecular flexibility index (Phi) is 3.34. The first-order chi connectivity index (χ1) is 7.66. The third-order valence-electron chi connectivity index (χ3n) is 1.83. The van der Waals surface area contributed by atoms with E-state index in [0.717, 1.165) is 6.33 Å². The van der Waals surface area contributed by atoms with Crippen molar-refractivity contribution in [3.63, 3.8) is 0 Å². The summed E-state index contributed by atoms with van der Waals surface area (Å²) in [6.45, 7) is 1.19. The van der Waals surface area contributed by atoms with Crippen LogP contribution in [0.1, 0.15) is 18.8 Å². The third kappa shape index (κ3) is 2.68. The van der Waals surface area contributed by atoms with Gasteiger partial charge in [-0.2, -0.15) is 27.1 Å². The number of nitrogens with one attached hydrogen (secondary N) is 2. The van der Waals surface area contributed by atoms with Crippen LogP contribution in [0.4, 0.5) is 22.0 Å². The monoisotopic (exact) mass is 258 g/mol. The van der Waals surface area contributed by atoms with Crippen molar-refractivity contribution < 1.29 is 26.7 Å². The molecule has 0 radical (unpaired) electrons. The number of amides is 1. The first-order valence-electron chi connectivity index (χ1n) is 4.27. The Bertz CT molecular complexity index is 387. The van der Waals surface area contributed by atoms with E-state index >= 15 is 0 Å². The van der Waals surface area contributed by atoms with Gasteiger partial charge in [0.05, 0.1) is 6.04 Å². The number of aromatic amines is 1. The van der Waals surface area contributed by atoms with E-state index in [4.69, 9.17) is 0 Å². The van der Waals surface area contributed by atoms with E-state index in [9.17, 15) is 26.7 Å². The van der Waals surface area contributed by atoms with Crippen molar-refractivity contribution in [3.05, 3.63) is 12.2 Å². The summed E-state index contributed by atoms with van der Waals surface area (Å²) in [7, 11) is 0. The smallest absolute Gasteiger partial charge is 0.341 e. The molecule has 1 atom stereocenters. The first-order valence-corrected chi connectivity index (χ1v) is 4.27. The summed E-state index contributed by atoms with van der Waals surface area (Å²) in [5.41, 5.74) is 0. The van der Waals surface area contributed by atoms with Crippen LogP contribution in [0.15, 0.2) is 6.33 Å². The number of rotatable bonds is 3. The molecule has 5 nitrogen and oxygen atoms in total. The maximum absolute atomic E-state index is 12.5. The number of carbonyl (C=O) groups is 1. The van der Waals surface area contributed by atoms with Crippen LogP contribution in [0.3, 0.4) is 0 Å². The van der Waals surface area contributed by atoms with E-state index in [0.29, 0.717) is 0 Å². The molecule has 0 aliphatic heterocycles. The number of carbonyl (C=O) groups excluding carboxylic acids is 1. The van der Waals surface area contributed by atoms with E-state index in [-0.39, 0.29) is 5.82 Å². The van der Waals surface area contributed by atoms with Crippen molar-refractivity contribution in [1.29, 1.82) is 0 Å². The molecule has 0 fully saturated rings. The van der Waals surface area contributed by atoms with E-state index in [2.05, 4.69) is 15.2 Å². The molecule has 0 saturated heterocycles. The molecule has 0 spiro atoms. The van der Waals surface area contributed by atoms with E-state index in [1.54, 1.807) is 0 Å². The number of hydrogen-bond donors (Lipinski definition) is 2. The molecule has 10 heteroatoms. The van der Waals surface area contributed by atoms with Crippen LogP contribution in [0.5, 0.6) is 0 Å². The summed E-state index contributed by atoms with van der Waals surface area (Å²) >= 11 is 0. The maximum Gasteiger partial charge on any atom is 0.463 e. The molecule has 1 unspecified atom stereocenters. The predicted octanol–water partition coefficient (Wildman–Crippen LogP) is 1.18. The highest BCUT2D eigenvalue weighted by molar-refractivity contribution is 5.84. The van der Waals surface area contributed by atoms with Crippen molar-refractivity contribution >= 4 is 5.91 Å². The number of hydrogen-bond acceptors (Lipinski definition) is 3. The zero-order valence-corrected chi connectivity index (χ0v) is 8.35. The van der Waals surface area contributed by atoms with Crippen molar-refractivity contribution in [2.75, 3.05) is 0 Å². The average molecular weight is 258 g/mol. The second-order valence-electron chi connectivity index (χ2n) is 3.14. The zero-order chi connectivity index (χ0) is 13.3. The number of H-pyrrole nitrogens is 1. The van der Waals surface area contributed by atoms with Gasteiger partial charge >= 0.3 is 18.0 Å². The van der Waals surface area contributed by atoms with Gasteiger partial charge in [0.2, 0.25) is 0 Å². The second-order valence-corrected chi connectivity index (χ2v) is 3.14. The van der Waals surface area contributed by atoms with E-state index in [1.807, 2.05) is 0 Å². The number of aromatic nitrogens is 3. The molecule has 0 saturated carbocycles. The highest BCUT2D eigenvalue weighted by atomic mass is 19.4. The van der Waals surface area contributed by atoms with Gasteiger partial charge < -0.3 is 5.32 Å². The summed E-state index contributed by atoms with van der Waals surface area (Å²) in [6.07, 6.45) is -4.90. The molecule has 96 valence electrons. The minimum absolute atomic E-state index is 0.0312. The van der Waals surface area contributed by atoms with Crippen LogP contribution in [-0.4, -0.2) is 33.2 Å². The molecule has 0 aliphatic carbocycles. The Morgan fingerprint density at radius 3 is 2.41 bits per heavy atom. The number of nitrogens with zero attached hydrogens (tertiary/aromatic N) is 2. The lowest BCUT2D eigenvalue weighted by Gasteiger charge is -2.20. The van der Waals surface area contributed by atoms with Gasteiger partial charge in [0, 0.05) is 0 Å². The Morgan fingerprint density at radius 2 is 2.00 bits per heavy atom. The molecule has 0 aromatic carbocycles. The standard InChI is InChI=1S/C7H7F5N4O/c1-3(4-13-2-14-16-4)15-5(17)6(8,9)7(10,11)12/h2-3H,1H3,(H,15,17)(H,13,14,16). The van der Waals surface area contributed by atoms with Gasteiger partial charge in [0.15, 0.2) is 0 Å². The van der Waals surface area contributed by atoms with Crippen LogP contribution >= 0.6 is 0 Å². The highest BCUT2D eigenvalue weighted by Crippen LogP contribution is 2.35. The van der Waals surface area contributed by atoms with E-state index < -0.39 is 24.0 Å². The Hall–Kier alpha value is -1.74. The first kappa shape index (κ1) is 13.3. The summed E-state index contributed by atoms with van der Waals surface area (Å²) in [4.78, 5) is 14.3. The Morgan fingerprint density at radius 1 is 1.41 bits per heavy atom. The predicted molar refractivity (Wildman–Crippen MR) is 43.9 cm³/mol. The zero-order valence-electron chi connectivity index (χ0n) is 8.35. The fourth-order valence-corrected chi connectivity index (χ4v) is 0.908. The molecule has 1 aromatic heterocycles. The van der Waals surface area contributed by atoms with E-state index in [1.165, 1.54) is 12.2 Å². The lowest BCUT2D eigenvalue weighted by Crippen LogP contribution is -2.51. The molecule has 1 aromatic rings. The van der Waals surface area contributed by atoms with Gasteiger partial charge in [-0.1, -0.05) is 0 Å². The van der Waals surface area contributed by atoms with Gasteiger partial charge in [-0.15, -0.1) is 0 Å². The third-order valence-corrected chi connectivity index (χ3v) is 1.83. The fourth-order valence-electron chi connectivity index (χ4n) is 0.908. The van der Waals surface area contributed by atoms with Gasteiger partial charge in [-0.3, -0.25) is 9.89 Å². The lowest BCUT2D eigenvalue weighted by atomic mass is 10.2. The summed E-state index contributed by atoms with van der Waals surface area (Å²) in [5, 5.41) is 7.08. The van der Waals surface area contributed by atoms with Crippen molar-refractivity contribution in [3.8, 4) is 0 Å². The highest BCUT2D eigenvalue weighted by Gasteiger charge is 2.63. The molecule has 0 aliphatic rings. The van der Waals surface area contributed by atoms with Crippen LogP contribution in [0.2, 0.25) is 0 Å². The Balaban J connectivity index is 2.73. The molecular weight excluding hydrogens is 251 g/mol. The van der Waals surface area contributed by atoms with Crippen LogP contribution in [0, 0.1) is 0 Å². The van der Waals surface area contributed by atoms with Crippen molar-refractivity contribution in [2.45, 2.75) is 25.1 Å². The van der Waals surface area contributed by atoms with Crippen LogP contribution < -0.4 is 5.32 Å². The molecular formula is C7H7F5N4O. The largest absolute Gasteiger partial charge is 0.463 e. The summed E-state index contributed by atoms with van der Waals surface area (Å²) in [6, 6.07) is -1.14. The number of halogens is 5. The molecule has 1 amide bonds. The SMILES string of the molecule is CC(NC(=O)C(F)(F)C(F)(F)F)c1ncn[nH]1. The summed E-state index contributed by atoms with van der Waals surface area (Å²) < 4.78 is 60.6.